The van der Waals surface area contributed by atoms with Crippen LogP contribution >= 0.6 is 0 Å². The molecule has 0 aliphatic rings. The van der Waals surface area contributed by atoms with Gasteiger partial charge in [-0.1, -0.05) is 117 Å². The zero-order chi connectivity index (χ0) is 33.1. The lowest BCUT2D eigenvalue weighted by molar-refractivity contribution is 0.544. The largest absolute Gasteiger partial charge is 0.309 e. The SMILES string of the molecule is [2H]c1ccc2c(c1)c1cc([2H])ccc1n2-c1cc(C(C)CC(CC)c2ccccc2)cc(-n2c3ccc([2H])cc3c3cc([2H])ccc32)c1. The third-order valence-corrected chi connectivity index (χ3v) is 9.32. The van der Waals surface area contributed by atoms with Gasteiger partial charge in [0.1, 0.15) is 0 Å². The van der Waals surface area contributed by atoms with Gasteiger partial charge in [0, 0.05) is 32.9 Å². The van der Waals surface area contributed by atoms with Crippen LogP contribution in [0.3, 0.4) is 0 Å². The van der Waals surface area contributed by atoms with Gasteiger partial charge in [-0.05, 0) is 78.3 Å². The summed E-state index contributed by atoms with van der Waals surface area (Å²) in [5.41, 5.74) is 8.61. The van der Waals surface area contributed by atoms with Gasteiger partial charge in [0.05, 0.1) is 27.5 Å². The number of para-hydroxylation sites is 4. The van der Waals surface area contributed by atoms with Crippen LogP contribution in [0.25, 0.3) is 55.0 Å². The van der Waals surface area contributed by atoms with E-state index in [0.29, 0.717) is 30.1 Å². The fourth-order valence-corrected chi connectivity index (χ4v) is 7.13. The second-order valence-corrected chi connectivity index (χ2v) is 11.9. The summed E-state index contributed by atoms with van der Waals surface area (Å²) in [6, 6.07) is 42.4. The zero-order valence-corrected chi connectivity index (χ0v) is 25.0. The van der Waals surface area contributed by atoms with E-state index in [1.54, 1.807) is 0 Å². The highest BCUT2D eigenvalue weighted by molar-refractivity contribution is 6.10. The van der Waals surface area contributed by atoms with E-state index in [1.165, 1.54) is 11.1 Å². The van der Waals surface area contributed by atoms with Gasteiger partial charge in [-0.25, -0.2) is 0 Å². The van der Waals surface area contributed by atoms with E-state index in [-0.39, 0.29) is 5.92 Å². The van der Waals surface area contributed by atoms with Gasteiger partial charge in [0.2, 0.25) is 0 Å². The maximum Gasteiger partial charge on any atom is 0.0623 e. The molecule has 2 heterocycles. The number of fused-ring (bicyclic) bond motifs is 6. The third-order valence-electron chi connectivity index (χ3n) is 9.32. The van der Waals surface area contributed by atoms with Gasteiger partial charge in [-0.3, -0.25) is 0 Å². The minimum atomic E-state index is 0.245. The molecule has 44 heavy (non-hydrogen) atoms. The Morgan fingerprint density at radius 1 is 0.523 bits per heavy atom. The molecule has 0 saturated carbocycles. The van der Waals surface area contributed by atoms with Crippen molar-refractivity contribution in [3.8, 4) is 11.4 Å². The van der Waals surface area contributed by atoms with Crippen LogP contribution in [0.1, 0.15) is 55.1 Å². The summed E-state index contributed by atoms with van der Waals surface area (Å²) in [6.45, 7) is 4.59. The monoisotopic (exact) mass is 572 g/mol. The van der Waals surface area contributed by atoms with Crippen LogP contribution in [0.5, 0.6) is 0 Å². The Bertz CT molecular complexity index is 2230. The summed E-state index contributed by atoms with van der Waals surface area (Å²) >= 11 is 0. The van der Waals surface area contributed by atoms with Crippen molar-refractivity contribution in [3.05, 3.63) is 157 Å². The first-order valence-corrected chi connectivity index (χ1v) is 15.5. The zero-order valence-electron chi connectivity index (χ0n) is 29.0. The molecule has 2 aromatic heterocycles. The molecule has 0 amide bonds. The number of benzene rings is 6. The minimum absolute atomic E-state index is 0.245. The lowest BCUT2D eigenvalue weighted by Gasteiger charge is -2.23. The number of hydrogen-bond donors (Lipinski definition) is 0. The predicted octanol–water partition coefficient (Wildman–Crippen LogP) is 11.6. The minimum Gasteiger partial charge on any atom is -0.309 e. The molecule has 0 spiro atoms. The number of nitrogens with zero attached hydrogens (tertiary/aromatic N) is 2. The van der Waals surface area contributed by atoms with Gasteiger partial charge in [0.15, 0.2) is 0 Å². The molecule has 2 atom stereocenters. The summed E-state index contributed by atoms with van der Waals surface area (Å²) in [5, 5.41) is 3.85. The van der Waals surface area contributed by atoms with Crippen LogP contribution in [-0.4, -0.2) is 9.13 Å². The molecule has 0 N–H and O–H groups in total. The van der Waals surface area contributed by atoms with Crippen molar-refractivity contribution in [3.63, 3.8) is 0 Å². The molecule has 2 unspecified atom stereocenters. The van der Waals surface area contributed by atoms with Crippen molar-refractivity contribution in [1.29, 1.82) is 0 Å². The Morgan fingerprint density at radius 2 is 0.955 bits per heavy atom. The van der Waals surface area contributed by atoms with Crippen LogP contribution in [0, 0.1) is 0 Å². The Kier molecular flexibility index (Phi) is 5.55. The summed E-state index contributed by atoms with van der Waals surface area (Å²) in [5.74, 6) is 0.668. The second-order valence-electron chi connectivity index (χ2n) is 11.9. The Balaban J connectivity index is 1.41. The van der Waals surface area contributed by atoms with Crippen molar-refractivity contribution < 1.29 is 5.48 Å². The van der Waals surface area contributed by atoms with E-state index in [2.05, 4.69) is 71.5 Å². The molecule has 0 aliphatic carbocycles. The van der Waals surface area contributed by atoms with E-state index in [9.17, 15) is 0 Å². The van der Waals surface area contributed by atoms with Crippen LogP contribution < -0.4 is 0 Å². The van der Waals surface area contributed by atoms with Crippen molar-refractivity contribution in [2.24, 2.45) is 0 Å². The van der Waals surface area contributed by atoms with E-state index in [1.807, 2.05) is 72.8 Å². The van der Waals surface area contributed by atoms with Crippen molar-refractivity contribution >= 4 is 43.6 Å². The van der Waals surface area contributed by atoms with Gasteiger partial charge >= 0.3 is 0 Å². The van der Waals surface area contributed by atoms with Crippen molar-refractivity contribution in [2.45, 2.75) is 38.5 Å². The summed E-state index contributed by atoms with van der Waals surface area (Å²) in [7, 11) is 0. The molecular formula is C42H36N2. The third kappa shape index (κ3) is 4.33. The lowest BCUT2D eigenvalue weighted by atomic mass is 9.84. The smallest absolute Gasteiger partial charge is 0.0623 e. The maximum absolute atomic E-state index is 8.39. The molecule has 0 fully saturated rings. The highest BCUT2D eigenvalue weighted by atomic mass is 15.0. The van der Waals surface area contributed by atoms with Crippen LogP contribution in [0.2, 0.25) is 0 Å². The van der Waals surface area contributed by atoms with Crippen LogP contribution in [0.15, 0.2) is 145 Å². The van der Waals surface area contributed by atoms with E-state index in [4.69, 9.17) is 5.48 Å². The van der Waals surface area contributed by atoms with Crippen LogP contribution in [0.4, 0.5) is 0 Å². The molecule has 2 heteroatoms. The van der Waals surface area contributed by atoms with Gasteiger partial charge in [-0.2, -0.15) is 0 Å². The van der Waals surface area contributed by atoms with Crippen LogP contribution in [-0.2, 0) is 0 Å². The quantitative estimate of drug-likeness (QED) is 0.180. The standard InChI is InChI=1S/C42H36N2/c1-3-30(31-15-5-4-6-16-31)25-29(2)32-26-33(43-39-21-11-7-17-35(39)36-18-8-12-22-40(36)43)28-34(27-32)44-41-23-13-9-19-37(41)38-20-10-14-24-42(38)44/h4-24,26-30H,3,25H2,1-2H3/i7D,8D,9D,10D. The molecule has 0 saturated heterocycles. The van der Waals surface area contributed by atoms with E-state index in [0.717, 1.165) is 67.8 Å². The van der Waals surface area contributed by atoms with Gasteiger partial charge in [0.25, 0.3) is 0 Å². The van der Waals surface area contributed by atoms with E-state index < -0.39 is 0 Å². The topological polar surface area (TPSA) is 9.86 Å². The molecule has 0 bridgehead atoms. The highest BCUT2D eigenvalue weighted by Gasteiger charge is 2.20. The molecule has 6 aromatic carbocycles. The highest BCUT2D eigenvalue weighted by Crippen LogP contribution is 2.39. The predicted molar refractivity (Wildman–Crippen MR) is 188 cm³/mol. The molecule has 0 aliphatic heterocycles. The fraction of sp³-hybridized carbons (Fsp3) is 0.143. The van der Waals surface area contributed by atoms with Gasteiger partial charge in [-0.15, -0.1) is 0 Å². The summed E-state index contributed by atoms with van der Waals surface area (Å²) in [4.78, 5) is 0. The number of rotatable bonds is 7. The lowest BCUT2D eigenvalue weighted by Crippen LogP contribution is -2.06. The molecule has 214 valence electrons. The average Bonchev–Trinajstić information content (AvgIpc) is 3.58. The van der Waals surface area contributed by atoms with Gasteiger partial charge < -0.3 is 9.13 Å². The Hall–Kier alpha value is -5.08. The molecular weight excluding hydrogens is 532 g/mol. The number of aromatic nitrogens is 2. The second kappa shape index (κ2) is 10.9. The normalized spacial score (nSPS) is 14.5. The first-order chi connectivity index (χ1) is 23.3. The molecule has 8 aromatic rings. The first kappa shape index (κ1) is 22.5. The molecule has 8 rings (SSSR count). The maximum atomic E-state index is 8.39. The summed E-state index contributed by atoms with van der Waals surface area (Å²) < 4.78 is 38.1. The van der Waals surface area contributed by atoms with E-state index >= 15 is 0 Å². The Morgan fingerprint density at radius 3 is 1.36 bits per heavy atom. The Labute approximate surface area is 264 Å². The fourth-order valence-electron chi connectivity index (χ4n) is 7.13. The van der Waals surface area contributed by atoms with Crippen molar-refractivity contribution in [2.75, 3.05) is 0 Å². The number of hydrogen-bond acceptors (Lipinski definition) is 0. The first-order valence-electron chi connectivity index (χ1n) is 17.5. The average molecular weight is 573 g/mol. The van der Waals surface area contributed by atoms with Crippen molar-refractivity contribution in [1.82, 2.24) is 9.13 Å². The molecule has 2 nitrogen and oxygen atoms in total. The summed E-state index contributed by atoms with van der Waals surface area (Å²) in [6.07, 6.45) is 2.05. The molecule has 0 radical (unpaired) electrons.